The van der Waals surface area contributed by atoms with Crippen LogP contribution in [-0.2, 0) is 25.2 Å². The van der Waals surface area contributed by atoms with Gasteiger partial charge in [0.15, 0.2) is 11.8 Å². The van der Waals surface area contributed by atoms with Crippen molar-refractivity contribution < 1.29 is 23.5 Å². The number of fused-ring (bicyclic) bond motifs is 1. The van der Waals surface area contributed by atoms with E-state index in [9.17, 15) is 24.0 Å². The van der Waals surface area contributed by atoms with Crippen LogP contribution in [0.25, 0.3) is 11.0 Å². The van der Waals surface area contributed by atoms with Gasteiger partial charge in [-0.3, -0.25) is 19.2 Å². The van der Waals surface area contributed by atoms with Crippen molar-refractivity contribution in [2.24, 2.45) is 0 Å². The molecule has 1 atom stereocenters. The van der Waals surface area contributed by atoms with Crippen molar-refractivity contribution in [1.82, 2.24) is 4.57 Å². The molecule has 290 valence electrons. The van der Waals surface area contributed by atoms with Crippen molar-refractivity contribution >= 4 is 63.3 Å². The summed E-state index contributed by atoms with van der Waals surface area (Å²) in [5.74, 6) is -1.72. The van der Waals surface area contributed by atoms with Crippen LogP contribution in [0.15, 0.2) is 74.7 Å². The first-order chi connectivity index (χ1) is 25.4. The van der Waals surface area contributed by atoms with Crippen molar-refractivity contribution in [2.45, 2.75) is 110 Å². The molecule has 0 fully saturated rings. The summed E-state index contributed by atoms with van der Waals surface area (Å²) < 4.78 is 11.0. The van der Waals surface area contributed by atoms with E-state index in [2.05, 4.69) is 64.3 Å². The lowest BCUT2D eigenvalue weighted by molar-refractivity contribution is -0.131. The first-order valence-corrected chi connectivity index (χ1v) is 19.7. The highest BCUT2D eigenvalue weighted by molar-refractivity contribution is 8.01. The number of aromatic nitrogens is 1. The zero-order valence-electron chi connectivity index (χ0n) is 32.7. The number of carbonyl (C=O) groups is 3. The Morgan fingerprint density at radius 3 is 2.24 bits per heavy atom. The van der Waals surface area contributed by atoms with Crippen LogP contribution in [-0.4, -0.2) is 39.3 Å². The van der Waals surface area contributed by atoms with E-state index in [1.165, 1.54) is 41.6 Å². The van der Waals surface area contributed by atoms with Gasteiger partial charge in [-0.25, -0.2) is 9.36 Å². The Balaban J connectivity index is 1.50. The van der Waals surface area contributed by atoms with E-state index in [4.69, 9.17) is 20.8 Å². The molecule has 0 saturated carbocycles. The molecule has 1 aromatic heterocycles. The molecule has 0 aliphatic heterocycles. The smallest absolute Gasteiger partial charge is 0.423 e. The van der Waals surface area contributed by atoms with Gasteiger partial charge in [0.05, 0.1) is 27.5 Å². The summed E-state index contributed by atoms with van der Waals surface area (Å²) in [7, 11) is 0. The number of ketones is 1. The number of thioether (sulfide) groups is 1. The van der Waals surface area contributed by atoms with E-state index in [0.29, 0.717) is 29.0 Å². The predicted octanol–water partition coefficient (Wildman–Crippen LogP) is 9.06. The van der Waals surface area contributed by atoms with Gasteiger partial charge in [-0.15, -0.1) is 11.8 Å². The van der Waals surface area contributed by atoms with Gasteiger partial charge in [0.2, 0.25) is 5.91 Å². The molecule has 0 radical (unpaired) electrons. The maximum Gasteiger partial charge on any atom is 0.423 e. The number of nitrogens with one attached hydrogen (secondary N) is 2. The molecule has 3 aromatic carbocycles. The average Bonchev–Trinajstić information content (AvgIpc) is 3.12. The largest absolute Gasteiger partial charge is 0.493 e. The molecule has 4 rings (SSSR count). The Kier molecular flexibility index (Phi) is 13.7. The SMILES string of the molecule is CCSC(C)(C)C(=O)C(C(=O)Nc1cc(NC(=O)CCCOc2ccc(C(C)(C)CC)cc2C(C)(C)CC)ccc1Cl)n1c(=O)oc2ccccc2c1=O. The third kappa shape index (κ3) is 9.65. The molecule has 4 aromatic rings. The first-order valence-electron chi connectivity index (χ1n) is 18.4. The molecule has 0 bridgehead atoms. The van der Waals surface area contributed by atoms with E-state index in [1.807, 2.05) is 13.0 Å². The fourth-order valence-corrected chi connectivity index (χ4v) is 7.10. The maximum atomic E-state index is 14.0. The monoisotopic (exact) mass is 777 g/mol. The van der Waals surface area contributed by atoms with Crippen molar-refractivity contribution in [1.29, 1.82) is 0 Å². The number of para-hydroxylation sites is 1. The summed E-state index contributed by atoms with van der Waals surface area (Å²) >= 11 is 7.73. The second-order valence-corrected chi connectivity index (χ2v) is 17.4. The molecular formula is C42H52ClN3O7S. The number of nitrogens with zero attached hydrogens (tertiary/aromatic N) is 1. The van der Waals surface area contributed by atoms with E-state index in [1.54, 1.807) is 32.0 Å². The molecule has 12 heteroatoms. The lowest BCUT2D eigenvalue weighted by Crippen LogP contribution is -2.49. The van der Waals surface area contributed by atoms with Crippen LogP contribution in [0, 0.1) is 0 Å². The van der Waals surface area contributed by atoms with Gasteiger partial charge >= 0.3 is 5.76 Å². The van der Waals surface area contributed by atoms with Crippen LogP contribution in [0.1, 0.15) is 105 Å². The average molecular weight is 778 g/mol. The second-order valence-electron chi connectivity index (χ2n) is 15.1. The molecule has 54 heavy (non-hydrogen) atoms. The van der Waals surface area contributed by atoms with Crippen LogP contribution >= 0.6 is 23.4 Å². The number of Topliss-reactive ketones (excluding diaryl/α,β-unsaturated/α-hetero) is 1. The third-order valence-corrected chi connectivity index (χ3v) is 11.7. The molecule has 2 amide bonds. The fraction of sp³-hybridized carbons (Fsp3) is 0.452. The minimum Gasteiger partial charge on any atom is -0.493 e. The van der Waals surface area contributed by atoms with Gasteiger partial charge < -0.3 is 19.8 Å². The highest BCUT2D eigenvalue weighted by Gasteiger charge is 2.41. The van der Waals surface area contributed by atoms with Gasteiger partial charge in [-0.2, -0.15) is 0 Å². The van der Waals surface area contributed by atoms with E-state index in [0.717, 1.165) is 24.2 Å². The van der Waals surface area contributed by atoms with Gasteiger partial charge in [0, 0.05) is 17.7 Å². The molecule has 2 N–H and O–H groups in total. The summed E-state index contributed by atoms with van der Waals surface area (Å²) in [4.78, 5) is 67.7. The highest BCUT2D eigenvalue weighted by atomic mass is 35.5. The minimum absolute atomic E-state index is 0.0333. The van der Waals surface area contributed by atoms with Crippen molar-refractivity contribution in [3.63, 3.8) is 0 Å². The van der Waals surface area contributed by atoms with Gasteiger partial charge in [-0.1, -0.05) is 84.3 Å². The van der Waals surface area contributed by atoms with Crippen molar-refractivity contribution in [2.75, 3.05) is 23.0 Å². The van der Waals surface area contributed by atoms with Gasteiger partial charge in [-0.05, 0) is 91.7 Å². The molecule has 10 nitrogen and oxygen atoms in total. The number of anilines is 2. The molecule has 1 heterocycles. The molecular weight excluding hydrogens is 726 g/mol. The van der Waals surface area contributed by atoms with Crippen LogP contribution in [0.4, 0.5) is 11.4 Å². The normalized spacial score (nSPS) is 12.7. The van der Waals surface area contributed by atoms with Crippen LogP contribution < -0.4 is 26.7 Å². The Bertz CT molecular complexity index is 2140. The number of amides is 2. The number of benzene rings is 3. The Morgan fingerprint density at radius 1 is 0.889 bits per heavy atom. The second kappa shape index (κ2) is 17.4. The molecule has 0 spiro atoms. The number of rotatable bonds is 17. The number of halogens is 1. The van der Waals surface area contributed by atoms with E-state index >= 15 is 0 Å². The van der Waals surface area contributed by atoms with Crippen LogP contribution in [0.3, 0.4) is 0 Å². The Morgan fingerprint density at radius 2 is 1.57 bits per heavy atom. The van der Waals surface area contributed by atoms with Crippen LogP contribution in [0.2, 0.25) is 5.02 Å². The Hall–Kier alpha value is -4.35. The highest BCUT2D eigenvalue weighted by Crippen LogP contribution is 2.39. The van der Waals surface area contributed by atoms with Gasteiger partial charge in [0.1, 0.15) is 11.3 Å². The first kappa shape index (κ1) is 42.4. The summed E-state index contributed by atoms with van der Waals surface area (Å²) in [5.41, 5.74) is 1.96. The van der Waals surface area contributed by atoms with E-state index < -0.39 is 33.8 Å². The predicted molar refractivity (Wildman–Crippen MR) is 220 cm³/mol. The zero-order chi connectivity index (χ0) is 40.0. The topological polar surface area (TPSA) is 137 Å². The minimum atomic E-state index is -1.88. The number of ether oxygens (including phenoxy) is 1. The third-order valence-electron chi connectivity index (χ3n) is 10.2. The summed E-state index contributed by atoms with van der Waals surface area (Å²) in [6, 6.07) is 15.2. The number of hydrogen-bond donors (Lipinski definition) is 2. The molecule has 0 aliphatic carbocycles. The summed E-state index contributed by atoms with van der Waals surface area (Å²) in [6.45, 7) is 18.7. The lowest BCUT2D eigenvalue weighted by atomic mass is 9.76. The fourth-order valence-electron chi connectivity index (χ4n) is 5.96. The quantitative estimate of drug-likeness (QED) is 0.0801. The molecule has 0 aliphatic rings. The number of hydrogen-bond acceptors (Lipinski definition) is 8. The van der Waals surface area contributed by atoms with Crippen molar-refractivity contribution in [3.8, 4) is 5.75 Å². The molecule has 1 unspecified atom stereocenters. The van der Waals surface area contributed by atoms with Gasteiger partial charge in [0.25, 0.3) is 11.5 Å². The number of carbonyl (C=O) groups excluding carboxylic acids is 3. The van der Waals surface area contributed by atoms with Crippen LogP contribution in [0.5, 0.6) is 5.75 Å². The summed E-state index contributed by atoms with van der Waals surface area (Å²) in [5, 5.41) is 5.59. The maximum absolute atomic E-state index is 14.0. The Labute approximate surface area is 326 Å². The summed E-state index contributed by atoms with van der Waals surface area (Å²) in [6.07, 6.45) is 2.57. The van der Waals surface area contributed by atoms with Crippen molar-refractivity contribution in [3.05, 3.63) is 97.7 Å². The lowest BCUT2D eigenvalue weighted by Gasteiger charge is -2.30. The van der Waals surface area contributed by atoms with E-state index in [-0.39, 0.29) is 44.8 Å². The molecule has 0 saturated heterocycles. The zero-order valence-corrected chi connectivity index (χ0v) is 34.3. The standard InChI is InChI=1S/C42H52ClN3O7S/c1-10-40(4,5)26-19-22-33(29(24-26)41(6,7)11-2)52-23-15-18-34(47)44-27-20-21-30(43)31(25-27)45-37(49)35(36(48)42(8,9)54-12-3)46-38(50)28-16-13-14-17-32(28)53-39(46)51/h13-14,16-17,19-22,24-25,35H,10-12,15,18,23H2,1-9H3,(H,44,47)(H,45,49).